The largest absolute Gasteiger partial charge is 0.444 e. The molecule has 1 aliphatic carbocycles. The average Bonchev–Trinajstić information content (AvgIpc) is 2.81. The van der Waals surface area contributed by atoms with Gasteiger partial charge in [-0.25, -0.2) is 4.79 Å². The molecule has 3 N–H and O–H groups in total. The van der Waals surface area contributed by atoms with Gasteiger partial charge in [-0.1, -0.05) is 6.42 Å². The maximum Gasteiger partial charge on any atom is 0.410 e. The molecule has 0 radical (unpaired) electrons. The van der Waals surface area contributed by atoms with E-state index in [-0.39, 0.29) is 30.1 Å². The SMILES string of the molecule is CC(C)(C)OC(=O)N1CCC(CN=C(N)NCC2CCC2)C1.I. The first-order valence-electron chi connectivity index (χ1n) is 8.35. The minimum absolute atomic E-state index is 0. The molecule has 0 aromatic carbocycles. The number of nitrogens with two attached hydrogens (primary N) is 1. The van der Waals surface area contributed by atoms with Crippen LogP contribution in [0.1, 0.15) is 46.5 Å². The van der Waals surface area contributed by atoms with E-state index in [1.165, 1.54) is 19.3 Å². The van der Waals surface area contributed by atoms with E-state index >= 15 is 0 Å². The van der Waals surface area contributed by atoms with Crippen molar-refractivity contribution in [2.45, 2.75) is 52.1 Å². The van der Waals surface area contributed by atoms with Crippen molar-refractivity contribution in [1.82, 2.24) is 10.2 Å². The Bertz CT molecular complexity index is 419. The van der Waals surface area contributed by atoms with Crippen LogP contribution in [0.15, 0.2) is 4.99 Å². The van der Waals surface area contributed by atoms with E-state index in [2.05, 4.69) is 10.3 Å². The summed E-state index contributed by atoms with van der Waals surface area (Å²) in [6, 6.07) is 0. The van der Waals surface area contributed by atoms with E-state index < -0.39 is 5.60 Å². The van der Waals surface area contributed by atoms with E-state index in [1.807, 2.05) is 20.8 Å². The number of ether oxygens (including phenoxy) is 1. The molecular formula is C16H31IN4O2. The van der Waals surface area contributed by atoms with Gasteiger partial charge >= 0.3 is 6.09 Å². The molecule has 7 heteroatoms. The Balaban J connectivity index is 0.00000264. The summed E-state index contributed by atoms with van der Waals surface area (Å²) in [6.45, 7) is 8.71. The average molecular weight is 438 g/mol. The van der Waals surface area contributed by atoms with Crippen molar-refractivity contribution >= 4 is 36.0 Å². The summed E-state index contributed by atoms with van der Waals surface area (Å²) in [5.74, 6) is 1.67. The summed E-state index contributed by atoms with van der Waals surface area (Å²) >= 11 is 0. The van der Waals surface area contributed by atoms with Gasteiger partial charge in [-0.3, -0.25) is 4.99 Å². The lowest BCUT2D eigenvalue weighted by Crippen LogP contribution is -2.38. The van der Waals surface area contributed by atoms with Gasteiger partial charge in [0.15, 0.2) is 5.96 Å². The Labute approximate surface area is 156 Å². The lowest BCUT2D eigenvalue weighted by atomic mass is 9.85. The van der Waals surface area contributed by atoms with E-state index in [1.54, 1.807) is 4.90 Å². The number of hydrogen-bond donors (Lipinski definition) is 2. The summed E-state index contributed by atoms with van der Waals surface area (Å²) in [5, 5.41) is 3.20. The van der Waals surface area contributed by atoms with Crippen LogP contribution in [-0.2, 0) is 4.74 Å². The minimum Gasteiger partial charge on any atom is -0.444 e. The third-order valence-electron chi connectivity index (χ3n) is 4.25. The van der Waals surface area contributed by atoms with Gasteiger partial charge in [-0.2, -0.15) is 0 Å². The van der Waals surface area contributed by atoms with Gasteiger partial charge in [0.2, 0.25) is 0 Å². The lowest BCUT2D eigenvalue weighted by Gasteiger charge is -2.25. The van der Waals surface area contributed by atoms with Gasteiger partial charge in [0.1, 0.15) is 5.60 Å². The number of guanidine groups is 1. The number of rotatable bonds is 4. The van der Waals surface area contributed by atoms with Gasteiger partial charge in [-0.15, -0.1) is 24.0 Å². The molecule has 134 valence electrons. The van der Waals surface area contributed by atoms with Crippen molar-refractivity contribution in [1.29, 1.82) is 0 Å². The molecule has 1 saturated carbocycles. The first-order valence-corrected chi connectivity index (χ1v) is 8.35. The van der Waals surface area contributed by atoms with Gasteiger partial charge in [0.05, 0.1) is 0 Å². The number of likely N-dealkylation sites (tertiary alicyclic amines) is 1. The smallest absolute Gasteiger partial charge is 0.410 e. The Morgan fingerprint density at radius 3 is 2.57 bits per heavy atom. The molecule has 0 spiro atoms. The second-order valence-electron chi connectivity index (χ2n) is 7.48. The van der Waals surface area contributed by atoms with E-state index in [9.17, 15) is 4.79 Å². The molecule has 1 aliphatic heterocycles. The molecule has 6 nitrogen and oxygen atoms in total. The highest BCUT2D eigenvalue weighted by Gasteiger charge is 2.29. The molecular weight excluding hydrogens is 407 g/mol. The molecule has 2 rings (SSSR count). The molecule has 2 fully saturated rings. The quantitative estimate of drug-likeness (QED) is 0.402. The van der Waals surface area contributed by atoms with Crippen molar-refractivity contribution < 1.29 is 9.53 Å². The van der Waals surface area contributed by atoms with Crippen molar-refractivity contribution in [3.8, 4) is 0 Å². The predicted octanol–water partition coefficient (Wildman–Crippen LogP) is 2.57. The first-order chi connectivity index (χ1) is 10.3. The number of nitrogens with zero attached hydrogens (tertiary/aromatic N) is 2. The Kier molecular flexibility index (Phi) is 7.89. The Hall–Kier alpha value is -0.730. The number of hydrogen-bond acceptors (Lipinski definition) is 3. The fraction of sp³-hybridized carbons (Fsp3) is 0.875. The number of carbonyl (C=O) groups is 1. The lowest BCUT2D eigenvalue weighted by molar-refractivity contribution is 0.0289. The second kappa shape index (κ2) is 8.94. The molecule has 0 aromatic heterocycles. The molecule has 1 heterocycles. The van der Waals surface area contributed by atoms with Crippen LogP contribution in [0, 0.1) is 11.8 Å². The van der Waals surface area contributed by atoms with Crippen molar-refractivity contribution in [2.24, 2.45) is 22.6 Å². The van der Waals surface area contributed by atoms with Crippen molar-refractivity contribution in [2.75, 3.05) is 26.2 Å². The zero-order valence-corrected chi connectivity index (χ0v) is 16.8. The number of halogens is 1. The number of amides is 1. The normalized spacial score (nSPS) is 22.3. The Morgan fingerprint density at radius 2 is 2.00 bits per heavy atom. The van der Waals surface area contributed by atoms with Crippen molar-refractivity contribution in [3.63, 3.8) is 0 Å². The van der Waals surface area contributed by atoms with Crippen LogP contribution in [0.25, 0.3) is 0 Å². The minimum atomic E-state index is -0.441. The number of nitrogens with one attached hydrogen (secondary N) is 1. The van der Waals surface area contributed by atoms with Crippen LogP contribution in [0.5, 0.6) is 0 Å². The summed E-state index contributed by atoms with van der Waals surface area (Å²) < 4.78 is 5.39. The van der Waals surface area contributed by atoms with Crippen LogP contribution in [0.4, 0.5) is 4.79 Å². The van der Waals surface area contributed by atoms with Crippen LogP contribution in [0.2, 0.25) is 0 Å². The standard InChI is InChI=1S/C16H30N4O2.HI/c1-16(2,3)22-15(21)20-8-7-13(11-20)10-19-14(17)18-9-12-5-4-6-12;/h12-13H,4-11H2,1-3H3,(H3,17,18,19);1H. The topological polar surface area (TPSA) is 80.0 Å². The van der Waals surface area contributed by atoms with Crippen LogP contribution in [0.3, 0.4) is 0 Å². The van der Waals surface area contributed by atoms with E-state index in [0.29, 0.717) is 25.0 Å². The second-order valence-corrected chi connectivity index (χ2v) is 7.48. The number of carbonyl (C=O) groups excluding carboxylic acids is 1. The third-order valence-corrected chi connectivity index (χ3v) is 4.25. The maximum absolute atomic E-state index is 12.0. The highest BCUT2D eigenvalue weighted by molar-refractivity contribution is 14.0. The molecule has 0 bridgehead atoms. The monoisotopic (exact) mass is 438 g/mol. The zero-order chi connectivity index (χ0) is 16.2. The fourth-order valence-electron chi connectivity index (χ4n) is 2.70. The summed E-state index contributed by atoms with van der Waals surface area (Å²) in [5.41, 5.74) is 5.45. The van der Waals surface area contributed by atoms with E-state index in [4.69, 9.17) is 10.5 Å². The van der Waals surface area contributed by atoms with Gasteiger partial charge in [-0.05, 0) is 51.9 Å². The van der Waals surface area contributed by atoms with Crippen molar-refractivity contribution in [3.05, 3.63) is 0 Å². The van der Waals surface area contributed by atoms with Crippen LogP contribution in [-0.4, -0.2) is 48.7 Å². The fourth-order valence-corrected chi connectivity index (χ4v) is 2.70. The molecule has 1 unspecified atom stereocenters. The number of aliphatic imine (C=N–C) groups is 1. The first kappa shape index (κ1) is 20.3. The van der Waals surface area contributed by atoms with Crippen LogP contribution >= 0.6 is 24.0 Å². The highest BCUT2D eigenvalue weighted by Crippen LogP contribution is 2.25. The summed E-state index contributed by atoms with van der Waals surface area (Å²) in [7, 11) is 0. The van der Waals surface area contributed by atoms with Gasteiger partial charge < -0.3 is 20.7 Å². The highest BCUT2D eigenvalue weighted by atomic mass is 127. The molecule has 2 aliphatic rings. The molecule has 23 heavy (non-hydrogen) atoms. The maximum atomic E-state index is 12.0. The third kappa shape index (κ3) is 7.14. The van der Waals surface area contributed by atoms with Gasteiger partial charge in [0, 0.05) is 26.2 Å². The predicted molar refractivity (Wildman–Crippen MR) is 103 cm³/mol. The van der Waals surface area contributed by atoms with Gasteiger partial charge in [0.25, 0.3) is 0 Å². The molecule has 1 saturated heterocycles. The van der Waals surface area contributed by atoms with E-state index in [0.717, 1.165) is 25.4 Å². The molecule has 1 amide bonds. The van der Waals surface area contributed by atoms with Crippen LogP contribution < -0.4 is 11.1 Å². The summed E-state index contributed by atoms with van der Waals surface area (Å²) in [6.07, 6.45) is 4.67. The summed E-state index contributed by atoms with van der Waals surface area (Å²) in [4.78, 5) is 18.2. The zero-order valence-electron chi connectivity index (χ0n) is 14.5. The Morgan fingerprint density at radius 1 is 1.30 bits per heavy atom. The molecule has 0 aromatic rings. The molecule has 1 atom stereocenters.